The number of hydrogen-bond acceptors (Lipinski definition) is 1. The fourth-order valence-electron chi connectivity index (χ4n) is 2.90. The molecule has 1 N–H and O–H groups in total. The molecule has 0 radical (unpaired) electrons. The lowest BCUT2D eigenvalue weighted by atomic mass is 10.1. The number of fused-ring (bicyclic) bond motifs is 1. The molecule has 64 valence electrons. The van der Waals surface area contributed by atoms with Crippen molar-refractivity contribution in [2.45, 2.75) is 45.1 Å². The average molecular weight is 154 g/mol. The average Bonchev–Trinajstić information content (AvgIpc) is 2.69. The summed E-state index contributed by atoms with van der Waals surface area (Å²) >= 11 is 0. The standard InChI is InChI=1S/C10H18O/c1-2-8-9-5-3-7(11)4-6-10(8)9/h7-11H,2-6H2,1H3. The number of hydrogen-bond donors (Lipinski definition) is 1. The molecule has 2 saturated carbocycles. The van der Waals surface area contributed by atoms with E-state index >= 15 is 0 Å². The van der Waals surface area contributed by atoms with Crippen molar-refractivity contribution in [1.82, 2.24) is 0 Å². The molecule has 0 amide bonds. The van der Waals surface area contributed by atoms with E-state index in [1.165, 1.54) is 19.3 Å². The minimum Gasteiger partial charge on any atom is -0.393 e. The quantitative estimate of drug-likeness (QED) is 0.614. The number of rotatable bonds is 1. The van der Waals surface area contributed by atoms with Gasteiger partial charge in [0.1, 0.15) is 0 Å². The molecule has 2 unspecified atom stereocenters. The summed E-state index contributed by atoms with van der Waals surface area (Å²) in [4.78, 5) is 0. The summed E-state index contributed by atoms with van der Waals surface area (Å²) in [5, 5.41) is 9.39. The van der Waals surface area contributed by atoms with E-state index in [2.05, 4.69) is 6.92 Å². The van der Waals surface area contributed by atoms with Gasteiger partial charge in [0.05, 0.1) is 6.10 Å². The smallest absolute Gasteiger partial charge is 0.0540 e. The number of aliphatic hydroxyl groups excluding tert-OH is 1. The van der Waals surface area contributed by atoms with E-state index in [9.17, 15) is 5.11 Å². The van der Waals surface area contributed by atoms with E-state index in [1.807, 2.05) is 0 Å². The lowest BCUT2D eigenvalue weighted by Gasteiger charge is -2.06. The van der Waals surface area contributed by atoms with Gasteiger partial charge >= 0.3 is 0 Å². The lowest BCUT2D eigenvalue weighted by molar-refractivity contribution is 0.151. The first-order chi connectivity index (χ1) is 5.33. The highest BCUT2D eigenvalue weighted by Gasteiger charge is 2.48. The van der Waals surface area contributed by atoms with Crippen LogP contribution in [0.25, 0.3) is 0 Å². The van der Waals surface area contributed by atoms with Gasteiger partial charge in [-0.05, 0) is 43.4 Å². The Morgan fingerprint density at radius 2 is 1.64 bits per heavy atom. The SMILES string of the molecule is CCC1C2CCC(O)CCC12. The van der Waals surface area contributed by atoms with E-state index in [0.717, 1.165) is 30.6 Å². The Balaban J connectivity index is 1.88. The third kappa shape index (κ3) is 1.31. The normalized spacial score (nSPS) is 49.6. The molecule has 11 heavy (non-hydrogen) atoms. The van der Waals surface area contributed by atoms with Crippen LogP contribution in [0.2, 0.25) is 0 Å². The summed E-state index contributed by atoms with van der Waals surface area (Å²) in [6.07, 6.45) is 6.12. The maximum Gasteiger partial charge on any atom is 0.0540 e. The Morgan fingerprint density at radius 1 is 1.09 bits per heavy atom. The van der Waals surface area contributed by atoms with Crippen molar-refractivity contribution in [3.63, 3.8) is 0 Å². The van der Waals surface area contributed by atoms with Crippen LogP contribution in [0, 0.1) is 17.8 Å². The maximum absolute atomic E-state index is 9.39. The van der Waals surface area contributed by atoms with Crippen LogP contribution in [-0.2, 0) is 0 Å². The van der Waals surface area contributed by atoms with Crippen molar-refractivity contribution in [2.75, 3.05) is 0 Å². The van der Waals surface area contributed by atoms with Crippen LogP contribution in [0.3, 0.4) is 0 Å². The molecule has 0 saturated heterocycles. The van der Waals surface area contributed by atoms with E-state index < -0.39 is 0 Å². The van der Waals surface area contributed by atoms with Crippen molar-refractivity contribution < 1.29 is 5.11 Å². The molecular weight excluding hydrogens is 136 g/mol. The Kier molecular flexibility index (Phi) is 1.92. The molecule has 0 bridgehead atoms. The van der Waals surface area contributed by atoms with Gasteiger partial charge in [0.25, 0.3) is 0 Å². The summed E-state index contributed by atoms with van der Waals surface area (Å²) < 4.78 is 0. The third-order valence-corrected chi connectivity index (χ3v) is 3.65. The highest BCUT2D eigenvalue weighted by atomic mass is 16.3. The summed E-state index contributed by atoms with van der Waals surface area (Å²) in [6, 6.07) is 0. The molecule has 2 aliphatic carbocycles. The fourth-order valence-corrected chi connectivity index (χ4v) is 2.90. The number of aliphatic hydroxyl groups is 1. The van der Waals surface area contributed by atoms with Crippen LogP contribution in [-0.4, -0.2) is 11.2 Å². The molecule has 2 rings (SSSR count). The third-order valence-electron chi connectivity index (χ3n) is 3.65. The maximum atomic E-state index is 9.39. The molecule has 2 fully saturated rings. The van der Waals surface area contributed by atoms with E-state index in [-0.39, 0.29) is 6.10 Å². The van der Waals surface area contributed by atoms with Crippen molar-refractivity contribution in [2.24, 2.45) is 17.8 Å². The van der Waals surface area contributed by atoms with Crippen LogP contribution in [0.4, 0.5) is 0 Å². The van der Waals surface area contributed by atoms with Gasteiger partial charge in [0.15, 0.2) is 0 Å². The summed E-state index contributed by atoms with van der Waals surface area (Å²) in [5.74, 6) is 3.02. The molecular formula is C10H18O. The van der Waals surface area contributed by atoms with Crippen LogP contribution in [0.15, 0.2) is 0 Å². The topological polar surface area (TPSA) is 20.2 Å². The van der Waals surface area contributed by atoms with Crippen molar-refractivity contribution in [3.8, 4) is 0 Å². The zero-order chi connectivity index (χ0) is 7.84. The molecule has 2 atom stereocenters. The minimum atomic E-state index is 0.0281. The molecule has 1 heteroatoms. The van der Waals surface area contributed by atoms with Gasteiger partial charge < -0.3 is 5.11 Å². The van der Waals surface area contributed by atoms with E-state index in [0.29, 0.717) is 0 Å². The highest BCUT2D eigenvalue weighted by Crippen LogP contribution is 2.55. The largest absolute Gasteiger partial charge is 0.393 e. The Morgan fingerprint density at radius 3 is 2.09 bits per heavy atom. The highest BCUT2D eigenvalue weighted by molar-refractivity contribution is 4.97. The second-order valence-electron chi connectivity index (χ2n) is 4.21. The predicted octanol–water partition coefficient (Wildman–Crippen LogP) is 2.19. The van der Waals surface area contributed by atoms with Crippen molar-refractivity contribution in [3.05, 3.63) is 0 Å². The van der Waals surface area contributed by atoms with Crippen molar-refractivity contribution in [1.29, 1.82) is 0 Å². The van der Waals surface area contributed by atoms with Crippen LogP contribution >= 0.6 is 0 Å². The summed E-state index contributed by atoms with van der Waals surface area (Å²) in [5.41, 5.74) is 0. The van der Waals surface area contributed by atoms with Crippen molar-refractivity contribution >= 4 is 0 Å². The molecule has 2 aliphatic rings. The fraction of sp³-hybridized carbons (Fsp3) is 1.00. The summed E-state index contributed by atoms with van der Waals surface area (Å²) in [6.45, 7) is 2.30. The minimum absolute atomic E-state index is 0.0281. The van der Waals surface area contributed by atoms with E-state index in [1.54, 1.807) is 0 Å². The Labute approximate surface area is 68.8 Å². The molecule has 0 aromatic carbocycles. The van der Waals surface area contributed by atoms with Crippen LogP contribution < -0.4 is 0 Å². The van der Waals surface area contributed by atoms with Gasteiger partial charge in [0.2, 0.25) is 0 Å². The van der Waals surface area contributed by atoms with Gasteiger partial charge in [-0.2, -0.15) is 0 Å². The Hall–Kier alpha value is -0.0400. The monoisotopic (exact) mass is 154 g/mol. The van der Waals surface area contributed by atoms with Gasteiger partial charge in [-0.3, -0.25) is 0 Å². The molecule has 0 heterocycles. The van der Waals surface area contributed by atoms with Gasteiger partial charge in [-0.15, -0.1) is 0 Å². The van der Waals surface area contributed by atoms with Gasteiger partial charge in [-0.1, -0.05) is 13.3 Å². The second-order valence-corrected chi connectivity index (χ2v) is 4.21. The van der Waals surface area contributed by atoms with E-state index in [4.69, 9.17) is 0 Å². The molecule has 0 aromatic heterocycles. The molecule has 0 aromatic rings. The first kappa shape index (κ1) is 7.60. The van der Waals surface area contributed by atoms with Crippen LogP contribution in [0.1, 0.15) is 39.0 Å². The lowest BCUT2D eigenvalue weighted by Crippen LogP contribution is -2.05. The second kappa shape index (κ2) is 2.78. The molecule has 0 spiro atoms. The first-order valence-electron chi connectivity index (χ1n) is 5.01. The molecule has 1 nitrogen and oxygen atoms in total. The Bertz CT molecular complexity index is 130. The zero-order valence-electron chi connectivity index (χ0n) is 7.29. The zero-order valence-corrected chi connectivity index (χ0v) is 7.29. The van der Waals surface area contributed by atoms with Gasteiger partial charge in [-0.25, -0.2) is 0 Å². The van der Waals surface area contributed by atoms with Crippen LogP contribution in [0.5, 0.6) is 0 Å². The molecule has 0 aliphatic heterocycles. The predicted molar refractivity (Wildman–Crippen MR) is 45.2 cm³/mol. The van der Waals surface area contributed by atoms with Gasteiger partial charge in [0, 0.05) is 0 Å². The first-order valence-corrected chi connectivity index (χ1v) is 5.01. The summed E-state index contributed by atoms with van der Waals surface area (Å²) in [7, 11) is 0.